The summed E-state index contributed by atoms with van der Waals surface area (Å²) in [6.07, 6.45) is -2.03. The highest BCUT2D eigenvalue weighted by atomic mass is 19.4. The summed E-state index contributed by atoms with van der Waals surface area (Å²) < 4.78 is 37.5. The predicted octanol–water partition coefficient (Wildman–Crippen LogP) is 5.03. The minimum atomic E-state index is -4.32. The Morgan fingerprint density at radius 3 is 2.50 bits per heavy atom. The molecule has 98 valence electrons. The Morgan fingerprint density at radius 1 is 1.33 bits per heavy atom. The van der Waals surface area contributed by atoms with Crippen LogP contribution in [0, 0.1) is 0 Å². The summed E-state index contributed by atoms with van der Waals surface area (Å²) in [4.78, 5) is 0. The molecule has 0 saturated heterocycles. The normalized spacial score (nSPS) is 12.9. The predicted molar refractivity (Wildman–Crippen MR) is 68.6 cm³/mol. The van der Waals surface area contributed by atoms with Crippen LogP contribution in [0.4, 0.5) is 13.2 Å². The maximum Gasteiger partial charge on any atom is 0.416 e. The maximum absolute atomic E-state index is 12.5. The van der Waals surface area contributed by atoms with Crippen LogP contribution in [-0.2, 0) is 6.42 Å². The molecule has 0 nitrogen and oxygen atoms in total. The van der Waals surface area contributed by atoms with Gasteiger partial charge in [0.1, 0.15) is 0 Å². The fourth-order valence-electron chi connectivity index (χ4n) is 1.62. The number of halogens is 3. The monoisotopic (exact) mass is 254 g/mol. The molecule has 0 atom stereocenters. The molecule has 1 aromatic rings. The van der Waals surface area contributed by atoms with Gasteiger partial charge in [-0.1, -0.05) is 56.8 Å². The molecule has 0 saturated carbocycles. The van der Waals surface area contributed by atoms with Gasteiger partial charge in [0.2, 0.25) is 0 Å². The topological polar surface area (TPSA) is 0 Å². The largest absolute Gasteiger partial charge is 0.416 e. The van der Waals surface area contributed by atoms with Gasteiger partial charge in [-0.3, -0.25) is 0 Å². The van der Waals surface area contributed by atoms with Gasteiger partial charge >= 0.3 is 6.18 Å². The van der Waals surface area contributed by atoms with Crippen LogP contribution < -0.4 is 0 Å². The van der Waals surface area contributed by atoms with E-state index < -0.39 is 11.7 Å². The fraction of sp³-hybridized carbons (Fsp3) is 0.333. The average molecular weight is 254 g/mol. The smallest absolute Gasteiger partial charge is 0.166 e. The second-order valence-corrected chi connectivity index (χ2v) is 4.47. The van der Waals surface area contributed by atoms with Crippen LogP contribution >= 0.6 is 0 Å². The maximum atomic E-state index is 12.5. The first kappa shape index (κ1) is 14.6. The van der Waals surface area contributed by atoms with E-state index in [1.165, 1.54) is 6.08 Å². The van der Waals surface area contributed by atoms with Crippen LogP contribution in [-0.4, -0.2) is 6.18 Å². The van der Waals surface area contributed by atoms with Crippen molar-refractivity contribution in [2.75, 3.05) is 0 Å². The second kappa shape index (κ2) is 5.89. The third kappa shape index (κ3) is 4.06. The summed E-state index contributed by atoms with van der Waals surface area (Å²) in [7, 11) is 0. The van der Waals surface area contributed by atoms with Gasteiger partial charge in [-0.25, -0.2) is 0 Å². The Hall–Kier alpha value is -1.51. The molecule has 0 aliphatic carbocycles. The zero-order valence-corrected chi connectivity index (χ0v) is 10.6. The Kier molecular flexibility index (Phi) is 4.76. The van der Waals surface area contributed by atoms with Crippen LogP contribution in [0.15, 0.2) is 48.6 Å². The Bertz CT molecular complexity index is 439. The van der Waals surface area contributed by atoms with Gasteiger partial charge in [-0.2, -0.15) is 13.2 Å². The fourth-order valence-corrected chi connectivity index (χ4v) is 1.62. The number of allylic oxidation sites excluding steroid dienone is 3. The SMILES string of the molecule is C=CC(=CCc1cccc(C(C)C)c1)C(F)(F)F. The zero-order valence-electron chi connectivity index (χ0n) is 10.6. The lowest BCUT2D eigenvalue weighted by atomic mass is 9.99. The summed E-state index contributed by atoms with van der Waals surface area (Å²) in [6, 6.07) is 7.63. The van der Waals surface area contributed by atoms with E-state index in [0.717, 1.165) is 17.2 Å². The molecule has 1 rings (SSSR count). The lowest BCUT2D eigenvalue weighted by Gasteiger charge is -2.09. The van der Waals surface area contributed by atoms with Crippen LogP contribution in [0.3, 0.4) is 0 Å². The summed E-state index contributed by atoms with van der Waals surface area (Å²) in [6.45, 7) is 7.31. The summed E-state index contributed by atoms with van der Waals surface area (Å²) in [5.74, 6) is 0.371. The molecule has 3 heteroatoms. The van der Waals surface area contributed by atoms with E-state index >= 15 is 0 Å². The van der Waals surface area contributed by atoms with Crippen molar-refractivity contribution < 1.29 is 13.2 Å². The second-order valence-electron chi connectivity index (χ2n) is 4.47. The molecule has 0 unspecified atom stereocenters. The van der Waals surface area contributed by atoms with Crippen molar-refractivity contribution >= 4 is 0 Å². The average Bonchev–Trinajstić information content (AvgIpc) is 2.28. The Balaban J connectivity index is 2.88. The first-order chi connectivity index (χ1) is 8.34. The lowest BCUT2D eigenvalue weighted by Crippen LogP contribution is -2.10. The van der Waals surface area contributed by atoms with Crippen molar-refractivity contribution in [2.45, 2.75) is 32.4 Å². The van der Waals surface area contributed by atoms with Gasteiger partial charge < -0.3 is 0 Å². The van der Waals surface area contributed by atoms with Gasteiger partial charge in [-0.05, 0) is 23.5 Å². The van der Waals surface area contributed by atoms with Crippen molar-refractivity contribution in [3.8, 4) is 0 Å². The molecule has 0 aromatic heterocycles. The van der Waals surface area contributed by atoms with Gasteiger partial charge in [-0.15, -0.1) is 0 Å². The Labute approximate surface area is 106 Å². The van der Waals surface area contributed by atoms with Crippen molar-refractivity contribution in [1.29, 1.82) is 0 Å². The van der Waals surface area contributed by atoms with E-state index in [2.05, 4.69) is 20.4 Å². The molecular formula is C15H17F3. The first-order valence-electron chi connectivity index (χ1n) is 5.83. The molecule has 0 spiro atoms. The number of rotatable bonds is 4. The number of alkyl halides is 3. The van der Waals surface area contributed by atoms with E-state index in [4.69, 9.17) is 0 Å². The van der Waals surface area contributed by atoms with Crippen molar-refractivity contribution in [3.05, 3.63) is 59.7 Å². The number of hydrogen-bond acceptors (Lipinski definition) is 0. The van der Waals surface area contributed by atoms with Crippen LogP contribution in [0.1, 0.15) is 30.9 Å². The zero-order chi connectivity index (χ0) is 13.8. The Morgan fingerprint density at radius 2 is 2.00 bits per heavy atom. The molecule has 0 aliphatic rings. The highest BCUT2D eigenvalue weighted by Gasteiger charge is 2.30. The molecule has 1 aromatic carbocycles. The van der Waals surface area contributed by atoms with Crippen molar-refractivity contribution in [1.82, 2.24) is 0 Å². The molecular weight excluding hydrogens is 237 g/mol. The van der Waals surface area contributed by atoms with E-state index in [0.29, 0.717) is 5.92 Å². The standard InChI is InChI=1S/C15H17F3/c1-4-14(15(16,17)18)9-8-12-6-5-7-13(10-12)11(2)3/h4-7,9-11H,1,8H2,2-3H3. The minimum absolute atomic E-state index is 0.265. The molecule has 0 fully saturated rings. The summed E-state index contributed by atoms with van der Waals surface area (Å²) in [5, 5.41) is 0. The van der Waals surface area contributed by atoms with Crippen molar-refractivity contribution in [3.63, 3.8) is 0 Å². The molecule has 0 amide bonds. The van der Waals surface area contributed by atoms with E-state index in [-0.39, 0.29) is 6.42 Å². The molecule has 0 N–H and O–H groups in total. The van der Waals surface area contributed by atoms with Crippen molar-refractivity contribution in [2.24, 2.45) is 0 Å². The molecule has 0 radical (unpaired) electrons. The third-order valence-corrected chi connectivity index (χ3v) is 2.72. The minimum Gasteiger partial charge on any atom is -0.166 e. The van der Waals surface area contributed by atoms with Gasteiger partial charge in [0, 0.05) is 0 Å². The van der Waals surface area contributed by atoms with E-state index in [1.807, 2.05) is 24.3 Å². The van der Waals surface area contributed by atoms with Crippen LogP contribution in [0.2, 0.25) is 0 Å². The summed E-state index contributed by atoms with van der Waals surface area (Å²) >= 11 is 0. The van der Waals surface area contributed by atoms with Gasteiger partial charge in [0.05, 0.1) is 5.57 Å². The third-order valence-electron chi connectivity index (χ3n) is 2.72. The molecule has 0 bridgehead atoms. The highest BCUT2D eigenvalue weighted by molar-refractivity contribution is 5.30. The van der Waals surface area contributed by atoms with Gasteiger partial charge in [0.25, 0.3) is 0 Å². The number of benzene rings is 1. The molecule has 18 heavy (non-hydrogen) atoms. The first-order valence-corrected chi connectivity index (χ1v) is 5.83. The number of hydrogen-bond donors (Lipinski definition) is 0. The lowest BCUT2D eigenvalue weighted by molar-refractivity contribution is -0.0883. The van der Waals surface area contributed by atoms with Gasteiger partial charge in [0.15, 0.2) is 0 Å². The van der Waals surface area contributed by atoms with E-state index in [1.54, 1.807) is 0 Å². The van der Waals surface area contributed by atoms with Crippen LogP contribution in [0.25, 0.3) is 0 Å². The quantitative estimate of drug-likeness (QED) is 0.661. The highest BCUT2D eigenvalue weighted by Crippen LogP contribution is 2.26. The summed E-state index contributed by atoms with van der Waals surface area (Å²) in [5.41, 5.74) is 1.33. The molecule has 0 aliphatic heterocycles. The van der Waals surface area contributed by atoms with Crippen LogP contribution in [0.5, 0.6) is 0 Å². The van der Waals surface area contributed by atoms with E-state index in [9.17, 15) is 13.2 Å². The molecule has 0 heterocycles.